The lowest BCUT2D eigenvalue weighted by Crippen LogP contribution is -2.42. The van der Waals surface area contributed by atoms with E-state index in [1.165, 1.54) is 12.5 Å². The van der Waals surface area contributed by atoms with Gasteiger partial charge in [0.15, 0.2) is 11.6 Å². The van der Waals surface area contributed by atoms with E-state index in [1.54, 1.807) is 19.9 Å². The third-order valence-corrected chi connectivity index (χ3v) is 5.74. The monoisotopic (exact) mass is 400 g/mol. The van der Waals surface area contributed by atoms with E-state index in [9.17, 15) is 14.3 Å². The van der Waals surface area contributed by atoms with Crippen LogP contribution in [0.5, 0.6) is 0 Å². The number of amides is 1. The molecule has 2 aliphatic rings. The summed E-state index contributed by atoms with van der Waals surface area (Å²) in [7, 11) is 0. The maximum absolute atomic E-state index is 13.8. The maximum Gasteiger partial charge on any atom is 0.254 e. The standard InChI is InChI=1S/C20H25FN6O2/c1-19(2,29)20(5-6-20)10-24-18(28)13-8-23-16(7-15(13)26-12-3-4-12)27-17-14(21)9-22-11-25-17/h7-9,11-12,29H,3-6,10H2,1-2H3,(H,24,28)(H2,22,23,25,26,27). The molecule has 0 spiro atoms. The third-order valence-electron chi connectivity index (χ3n) is 5.74. The van der Waals surface area contributed by atoms with Crippen molar-refractivity contribution >= 4 is 23.2 Å². The molecule has 1 amide bonds. The van der Waals surface area contributed by atoms with E-state index >= 15 is 0 Å². The van der Waals surface area contributed by atoms with Gasteiger partial charge in [-0.3, -0.25) is 4.79 Å². The van der Waals surface area contributed by atoms with Crippen molar-refractivity contribution in [1.82, 2.24) is 20.3 Å². The van der Waals surface area contributed by atoms with Crippen LogP contribution in [0.3, 0.4) is 0 Å². The largest absolute Gasteiger partial charge is 0.390 e. The number of nitrogens with zero attached hydrogens (tertiary/aromatic N) is 3. The summed E-state index contributed by atoms with van der Waals surface area (Å²) in [5, 5.41) is 19.4. The van der Waals surface area contributed by atoms with Crippen LogP contribution in [0.4, 0.5) is 21.7 Å². The second-order valence-corrected chi connectivity index (χ2v) is 8.40. The third kappa shape index (κ3) is 4.29. The Kier molecular flexibility index (Phi) is 4.85. The summed E-state index contributed by atoms with van der Waals surface area (Å²) in [6.45, 7) is 3.96. The molecule has 0 atom stereocenters. The van der Waals surface area contributed by atoms with Gasteiger partial charge in [0.1, 0.15) is 12.1 Å². The van der Waals surface area contributed by atoms with Crippen molar-refractivity contribution in [3.05, 3.63) is 36.2 Å². The topological polar surface area (TPSA) is 112 Å². The van der Waals surface area contributed by atoms with Crippen LogP contribution >= 0.6 is 0 Å². The van der Waals surface area contributed by atoms with Gasteiger partial charge in [0.05, 0.1) is 23.0 Å². The molecule has 2 aromatic heterocycles. The molecule has 2 aromatic rings. The van der Waals surface area contributed by atoms with Crippen molar-refractivity contribution in [3.8, 4) is 0 Å². The van der Waals surface area contributed by atoms with Crippen molar-refractivity contribution in [3.63, 3.8) is 0 Å². The van der Waals surface area contributed by atoms with E-state index in [0.29, 0.717) is 29.7 Å². The average Bonchev–Trinajstić information content (AvgIpc) is 3.57. The van der Waals surface area contributed by atoms with Gasteiger partial charge in [-0.1, -0.05) is 0 Å². The number of hydrogen-bond donors (Lipinski definition) is 4. The van der Waals surface area contributed by atoms with E-state index in [4.69, 9.17) is 0 Å². The first-order valence-corrected chi connectivity index (χ1v) is 9.77. The van der Waals surface area contributed by atoms with E-state index in [1.807, 2.05) is 0 Å². The van der Waals surface area contributed by atoms with Gasteiger partial charge >= 0.3 is 0 Å². The molecule has 0 aromatic carbocycles. The molecule has 0 bridgehead atoms. The van der Waals surface area contributed by atoms with Gasteiger partial charge in [0.25, 0.3) is 5.91 Å². The zero-order valence-electron chi connectivity index (χ0n) is 16.5. The van der Waals surface area contributed by atoms with Gasteiger partial charge in [0.2, 0.25) is 0 Å². The summed E-state index contributed by atoms with van der Waals surface area (Å²) in [5.74, 6) is -0.453. The minimum Gasteiger partial charge on any atom is -0.390 e. The molecule has 4 rings (SSSR count). The Morgan fingerprint density at radius 1 is 1.31 bits per heavy atom. The predicted molar refractivity (Wildman–Crippen MR) is 106 cm³/mol. The molecule has 2 fully saturated rings. The van der Waals surface area contributed by atoms with Crippen molar-refractivity contribution < 1.29 is 14.3 Å². The van der Waals surface area contributed by atoms with Crippen molar-refractivity contribution in [2.75, 3.05) is 17.2 Å². The molecule has 8 nitrogen and oxygen atoms in total. The molecule has 2 saturated carbocycles. The molecule has 0 saturated heterocycles. The predicted octanol–water partition coefficient (Wildman–Crippen LogP) is 2.61. The molecule has 4 N–H and O–H groups in total. The molecule has 0 radical (unpaired) electrons. The van der Waals surface area contributed by atoms with Crippen LogP contribution < -0.4 is 16.0 Å². The summed E-state index contributed by atoms with van der Waals surface area (Å²) in [5.41, 5.74) is -0.0721. The summed E-state index contributed by atoms with van der Waals surface area (Å²) >= 11 is 0. The lowest BCUT2D eigenvalue weighted by atomic mass is 9.87. The number of hydrogen-bond acceptors (Lipinski definition) is 7. The first-order chi connectivity index (χ1) is 13.8. The Hall–Kier alpha value is -2.81. The number of carbonyl (C=O) groups is 1. The fourth-order valence-electron chi connectivity index (χ4n) is 3.30. The van der Waals surface area contributed by atoms with Crippen LogP contribution in [0.2, 0.25) is 0 Å². The number of pyridine rings is 1. The fourth-order valence-corrected chi connectivity index (χ4v) is 3.30. The van der Waals surface area contributed by atoms with Crippen LogP contribution in [0.15, 0.2) is 24.8 Å². The van der Waals surface area contributed by atoms with Gasteiger partial charge < -0.3 is 21.1 Å². The molecule has 0 aliphatic heterocycles. The fraction of sp³-hybridized carbons (Fsp3) is 0.500. The summed E-state index contributed by atoms with van der Waals surface area (Å²) in [4.78, 5) is 24.5. The van der Waals surface area contributed by atoms with E-state index in [-0.39, 0.29) is 17.1 Å². The zero-order chi connectivity index (χ0) is 20.6. The van der Waals surface area contributed by atoms with E-state index < -0.39 is 11.4 Å². The minimum absolute atomic E-state index is 0.0166. The Morgan fingerprint density at radius 2 is 2.07 bits per heavy atom. The molecular weight excluding hydrogens is 375 g/mol. The second kappa shape index (κ2) is 7.22. The quantitative estimate of drug-likeness (QED) is 0.539. The highest BCUT2D eigenvalue weighted by Gasteiger charge is 2.53. The highest BCUT2D eigenvalue weighted by atomic mass is 19.1. The van der Waals surface area contributed by atoms with Gasteiger partial charge in [-0.05, 0) is 39.5 Å². The average molecular weight is 400 g/mol. The van der Waals surface area contributed by atoms with Crippen LogP contribution in [-0.4, -0.2) is 44.2 Å². The van der Waals surface area contributed by atoms with Gasteiger partial charge in [-0.15, -0.1) is 0 Å². The Bertz CT molecular complexity index is 921. The van der Waals surface area contributed by atoms with Gasteiger partial charge in [-0.25, -0.2) is 19.3 Å². The Balaban J connectivity index is 1.51. The number of aromatic nitrogens is 3. The lowest BCUT2D eigenvalue weighted by molar-refractivity contribution is 0.00303. The summed E-state index contributed by atoms with van der Waals surface area (Å²) in [6.07, 6.45) is 7.61. The minimum atomic E-state index is -0.844. The number of halogens is 1. The maximum atomic E-state index is 13.8. The van der Waals surface area contributed by atoms with Crippen LogP contribution in [0.25, 0.3) is 0 Å². The number of nitrogens with one attached hydrogen (secondary N) is 3. The number of rotatable bonds is 8. The Morgan fingerprint density at radius 3 is 2.69 bits per heavy atom. The highest BCUT2D eigenvalue weighted by molar-refractivity contribution is 6.00. The van der Waals surface area contributed by atoms with Crippen molar-refractivity contribution in [1.29, 1.82) is 0 Å². The first kappa shape index (κ1) is 19.5. The Labute approximate surface area is 168 Å². The highest BCUT2D eigenvalue weighted by Crippen LogP contribution is 2.53. The summed E-state index contributed by atoms with van der Waals surface area (Å²) < 4.78 is 13.8. The number of anilines is 3. The molecule has 0 unspecified atom stereocenters. The first-order valence-electron chi connectivity index (χ1n) is 9.77. The van der Waals surface area contributed by atoms with E-state index in [2.05, 4.69) is 30.9 Å². The number of carbonyl (C=O) groups excluding carboxylic acids is 1. The van der Waals surface area contributed by atoms with Crippen LogP contribution in [0, 0.1) is 11.2 Å². The lowest BCUT2D eigenvalue weighted by Gasteiger charge is -2.29. The summed E-state index contributed by atoms with van der Waals surface area (Å²) in [6, 6.07) is 2.00. The van der Waals surface area contributed by atoms with Crippen LogP contribution in [-0.2, 0) is 0 Å². The molecule has 2 heterocycles. The molecule has 29 heavy (non-hydrogen) atoms. The number of aliphatic hydroxyl groups is 1. The van der Waals surface area contributed by atoms with Crippen LogP contribution in [0.1, 0.15) is 49.9 Å². The van der Waals surface area contributed by atoms with Crippen molar-refractivity contribution in [2.24, 2.45) is 5.41 Å². The van der Waals surface area contributed by atoms with Gasteiger partial charge in [-0.2, -0.15) is 0 Å². The zero-order valence-corrected chi connectivity index (χ0v) is 16.5. The molecule has 2 aliphatic carbocycles. The smallest absolute Gasteiger partial charge is 0.254 e. The van der Waals surface area contributed by atoms with Gasteiger partial charge in [0, 0.05) is 30.3 Å². The molecule has 154 valence electrons. The SMILES string of the molecule is CC(C)(O)C1(CNC(=O)c2cnc(Nc3ncncc3F)cc2NC2CC2)CC1. The molecule has 9 heteroatoms. The second-order valence-electron chi connectivity index (χ2n) is 8.40. The normalized spacial score (nSPS) is 17.5. The van der Waals surface area contributed by atoms with E-state index in [0.717, 1.165) is 31.9 Å². The van der Waals surface area contributed by atoms with Crippen molar-refractivity contribution in [2.45, 2.75) is 51.2 Å². The molecular formula is C20H25FN6O2.